The second-order valence-electron chi connectivity index (χ2n) is 6.48. The Labute approximate surface area is 171 Å². The van der Waals surface area contributed by atoms with Gasteiger partial charge in [-0.1, -0.05) is 48.0 Å². The maximum absolute atomic E-state index is 13.0. The van der Waals surface area contributed by atoms with E-state index >= 15 is 0 Å². The number of aliphatic hydroxyl groups excluding tert-OH is 1. The molecule has 2 aromatic carbocycles. The summed E-state index contributed by atoms with van der Waals surface area (Å²) in [6, 6.07) is 16.8. The van der Waals surface area contributed by atoms with Gasteiger partial charge in [-0.2, -0.15) is 0 Å². The van der Waals surface area contributed by atoms with Gasteiger partial charge in [0.15, 0.2) is 0 Å². The molecule has 0 spiro atoms. The molecule has 1 fully saturated rings. The largest absolute Gasteiger partial charge is 0.507 e. The van der Waals surface area contributed by atoms with Crippen molar-refractivity contribution in [3.63, 3.8) is 0 Å². The quantitative estimate of drug-likeness (QED) is 0.361. The number of aryl methyl sites for hydroxylation is 1. The topological polar surface area (TPSA) is 57.6 Å². The van der Waals surface area contributed by atoms with Gasteiger partial charge in [-0.05, 0) is 42.1 Å². The molecule has 1 unspecified atom stereocenters. The number of hydrogen-bond donors (Lipinski definition) is 1. The summed E-state index contributed by atoms with van der Waals surface area (Å²) in [6.45, 7) is 1.92. The van der Waals surface area contributed by atoms with Crippen LogP contribution in [0.1, 0.15) is 22.0 Å². The summed E-state index contributed by atoms with van der Waals surface area (Å²) in [6.07, 6.45) is 0. The van der Waals surface area contributed by atoms with Crippen molar-refractivity contribution in [1.82, 2.24) is 0 Å². The van der Waals surface area contributed by atoms with Gasteiger partial charge in [-0.25, -0.2) is 0 Å². The predicted molar refractivity (Wildman–Crippen MR) is 112 cm³/mol. The summed E-state index contributed by atoms with van der Waals surface area (Å²) >= 11 is 7.57. The molecule has 1 saturated heterocycles. The third-order valence-corrected chi connectivity index (χ3v) is 6.03. The second-order valence-corrected chi connectivity index (χ2v) is 7.87. The van der Waals surface area contributed by atoms with Gasteiger partial charge < -0.3 is 5.11 Å². The van der Waals surface area contributed by atoms with Crippen molar-refractivity contribution in [1.29, 1.82) is 0 Å². The Morgan fingerprint density at radius 2 is 1.82 bits per heavy atom. The smallest absolute Gasteiger partial charge is 0.300 e. The molecular formula is C22H16ClNO3S. The van der Waals surface area contributed by atoms with Gasteiger partial charge in [-0.15, -0.1) is 11.3 Å². The zero-order chi connectivity index (χ0) is 19.8. The maximum Gasteiger partial charge on any atom is 0.300 e. The second kappa shape index (κ2) is 7.26. The van der Waals surface area contributed by atoms with Gasteiger partial charge >= 0.3 is 0 Å². The van der Waals surface area contributed by atoms with Crippen molar-refractivity contribution >= 4 is 46.1 Å². The third-order valence-electron chi connectivity index (χ3n) is 4.73. The molecule has 1 amide bonds. The summed E-state index contributed by atoms with van der Waals surface area (Å²) in [5.74, 6) is -1.57. The molecule has 28 heavy (non-hydrogen) atoms. The number of ketones is 1. The Bertz CT molecular complexity index is 1100. The highest BCUT2D eigenvalue weighted by molar-refractivity contribution is 7.10. The van der Waals surface area contributed by atoms with Crippen LogP contribution in [0, 0.1) is 6.92 Å². The fourth-order valence-electron chi connectivity index (χ4n) is 3.39. The zero-order valence-corrected chi connectivity index (χ0v) is 16.5. The lowest BCUT2D eigenvalue weighted by molar-refractivity contribution is -0.132. The number of amides is 1. The van der Waals surface area contributed by atoms with Crippen LogP contribution in [-0.2, 0) is 9.59 Å². The minimum Gasteiger partial charge on any atom is -0.507 e. The number of aliphatic hydroxyl groups is 1. The normalized spacial score (nSPS) is 18.6. The van der Waals surface area contributed by atoms with Crippen LogP contribution in [0.3, 0.4) is 0 Å². The summed E-state index contributed by atoms with van der Waals surface area (Å²) in [4.78, 5) is 28.2. The molecule has 6 heteroatoms. The fraction of sp³-hybridized carbons (Fsp3) is 0.0909. The lowest BCUT2D eigenvalue weighted by atomic mass is 9.98. The molecule has 2 heterocycles. The van der Waals surface area contributed by atoms with Gasteiger partial charge in [0, 0.05) is 21.2 Å². The number of rotatable bonds is 3. The van der Waals surface area contributed by atoms with E-state index in [0.29, 0.717) is 16.3 Å². The van der Waals surface area contributed by atoms with E-state index in [-0.39, 0.29) is 11.3 Å². The van der Waals surface area contributed by atoms with Crippen molar-refractivity contribution < 1.29 is 14.7 Å². The first-order valence-corrected chi connectivity index (χ1v) is 9.91. The Morgan fingerprint density at radius 1 is 1.07 bits per heavy atom. The van der Waals surface area contributed by atoms with E-state index in [9.17, 15) is 14.7 Å². The number of carbonyl (C=O) groups is 2. The van der Waals surface area contributed by atoms with Crippen molar-refractivity contribution in [3.8, 4) is 0 Å². The van der Waals surface area contributed by atoms with Crippen LogP contribution in [0.25, 0.3) is 5.76 Å². The van der Waals surface area contributed by atoms with Crippen molar-refractivity contribution in [2.24, 2.45) is 0 Å². The monoisotopic (exact) mass is 409 g/mol. The SMILES string of the molecule is Cc1ccsc1C1/C(=C(/O)c2ccccc2)C(=O)C(=O)N1c1cccc(Cl)c1. The molecule has 140 valence electrons. The molecule has 4 rings (SSSR count). The van der Waals surface area contributed by atoms with Crippen LogP contribution in [0.15, 0.2) is 71.6 Å². The highest BCUT2D eigenvalue weighted by Crippen LogP contribution is 2.45. The van der Waals surface area contributed by atoms with Crippen molar-refractivity contribution in [2.45, 2.75) is 13.0 Å². The summed E-state index contributed by atoms with van der Waals surface area (Å²) in [7, 11) is 0. The molecular weight excluding hydrogens is 394 g/mol. The average molecular weight is 410 g/mol. The highest BCUT2D eigenvalue weighted by Gasteiger charge is 2.47. The lowest BCUT2D eigenvalue weighted by Crippen LogP contribution is -2.29. The standard InChI is InChI=1S/C22H16ClNO3S/c1-13-10-11-28-21(13)18-17(19(25)14-6-3-2-4-7-14)20(26)22(27)24(18)16-9-5-8-15(23)12-16/h2-12,18,25H,1H3/b19-17-. The number of carbonyl (C=O) groups excluding carboxylic acids is 2. The number of thiophene rings is 1. The van der Waals surface area contributed by atoms with Gasteiger partial charge in [-0.3, -0.25) is 14.5 Å². The molecule has 0 bridgehead atoms. The van der Waals surface area contributed by atoms with Crippen LogP contribution in [0.4, 0.5) is 5.69 Å². The predicted octanol–water partition coefficient (Wildman–Crippen LogP) is 5.34. The average Bonchev–Trinajstić information content (AvgIpc) is 3.23. The molecule has 1 N–H and O–H groups in total. The zero-order valence-electron chi connectivity index (χ0n) is 14.9. The molecule has 1 atom stereocenters. The first kappa shape index (κ1) is 18.5. The van der Waals surface area contributed by atoms with Gasteiger partial charge in [0.1, 0.15) is 11.8 Å². The number of Topliss-reactive ketones (excluding diaryl/α,β-unsaturated/α-hetero) is 1. The summed E-state index contributed by atoms with van der Waals surface area (Å²) in [5.41, 5.74) is 2.04. The Kier molecular flexibility index (Phi) is 4.79. The van der Waals surface area contributed by atoms with Crippen LogP contribution >= 0.6 is 22.9 Å². The Morgan fingerprint density at radius 3 is 2.46 bits per heavy atom. The van der Waals surface area contributed by atoms with E-state index in [4.69, 9.17) is 11.6 Å². The Balaban J connectivity index is 1.97. The Hall–Kier alpha value is -2.89. The van der Waals surface area contributed by atoms with E-state index in [2.05, 4.69) is 0 Å². The molecule has 0 radical (unpaired) electrons. The molecule has 1 aliphatic rings. The molecule has 0 aliphatic carbocycles. The first-order valence-electron chi connectivity index (χ1n) is 8.65. The van der Waals surface area contributed by atoms with E-state index in [0.717, 1.165) is 10.4 Å². The van der Waals surface area contributed by atoms with Crippen LogP contribution in [0.2, 0.25) is 5.02 Å². The van der Waals surface area contributed by atoms with Crippen molar-refractivity contribution in [3.05, 3.63) is 92.6 Å². The van der Waals surface area contributed by atoms with Gasteiger partial charge in [0.05, 0.1) is 5.57 Å². The van der Waals surface area contributed by atoms with Crippen molar-refractivity contribution in [2.75, 3.05) is 4.90 Å². The molecule has 1 aliphatic heterocycles. The molecule has 1 aromatic heterocycles. The van der Waals surface area contributed by atoms with E-state index in [1.54, 1.807) is 48.5 Å². The van der Waals surface area contributed by atoms with E-state index in [1.807, 2.05) is 24.4 Å². The molecule has 4 nitrogen and oxygen atoms in total. The highest BCUT2D eigenvalue weighted by atomic mass is 35.5. The van der Waals surface area contributed by atoms with Crippen LogP contribution in [-0.4, -0.2) is 16.8 Å². The van der Waals surface area contributed by atoms with Crippen LogP contribution in [0.5, 0.6) is 0 Å². The number of nitrogens with zero attached hydrogens (tertiary/aromatic N) is 1. The third kappa shape index (κ3) is 3.03. The minimum atomic E-state index is -0.710. The minimum absolute atomic E-state index is 0.0849. The van der Waals surface area contributed by atoms with Gasteiger partial charge in [0.25, 0.3) is 11.7 Å². The van der Waals surface area contributed by atoms with Gasteiger partial charge in [0.2, 0.25) is 0 Å². The number of benzene rings is 2. The van der Waals surface area contributed by atoms with E-state index < -0.39 is 17.7 Å². The lowest BCUT2D eigenvalue weighted by Gasteiger charge is -2.25. The molecule has 3 aromatic rings. The summed E-state index contributed by atoms with van der Waals surface area (Å²) < 4.78 is 0. The van der Waals surface area contributed by atoms with E-state index in [1.165, 1.54) is 16.2 Å². The number of hydrogen-bond acceptors (Lipinski definition) is 4. The number of anilines is 1. The first-order chi connectivity index (χ1) is 13.5. The fourth-order valence-corrected chi connectivity index (χ4v) is 4.60. The number of halogens is 1. The maximum atomic E-state index is 13.0. The summed E-state index contributed by atoms with van der Waals surface area (Å²) in [5, 5.41) is 13.3. The molecule has 0 saturated carbocycles. The van der Waals surface area contributed by atoms with Crippen LogP contribution < -0.4 is 4.90 Å².